The first-order valence-electron chi connectivity index (χ1n) is 4.70. The van der Waals surface area contributed by atoms with Crippen LogP contribution in [0.2, 0.25) is 5.02 Å². The van der Waals surface area contributed by atoms with Crippen molar-refractivity contribution in [3.8, 4) is 6.07 Å². The Hall–Kier alpha value is -1.11. The second kappa shape index (κ2) is 5.69. The molecule has 80 valence electrons. The Bertz CT molecular complexity index is 373. The van der Waals surface area contributed by atoms with Gasteiger partial charge in [0.2, 0.25) is 0 Å². The van der Waals surface area contributed by atoms with Crippen LogP contribution in [-0.4, -0.2) is 18.0 Å². The van der Waals surface area contributed by atoms with E-state index >= 15 is 0 Å². The van der Waals surface area contributed by atoms with Gasteiger partial charge in [0.05, 0.1) is 12.6 Å². The van der Waals surface area contributed by atoms with E-state index in [-0.39, 0.29) is 5.82 Å². The van der Waals surface area contributed by atoms with Gasteiger partial charge >= 0.3 is 0 Å². The van der Waals surface area contributed by atoms with Crippen molar-refractivity contribution >= 4 is 11.6 Å². The monoisotopic (exact) mass is 226 g/mol. The van der Waals surface area contributed by atoms with Gasteiger partial charge in [-0.25, -0.2) is 4.39 Å². The van der Waals surface area contributed by atoms with Gasteiger partial charge in [0.1, 0.15) is 5.82 Å². The number of hydrogen-bond acceptors (Lipinski definition) is 2. The van der Waals surface area contributed by atoms with Crippen LogP contribution in [0.5, 0.6) is 0 Å². The van der Waals surface area contributed by atoms with Crippen LogP contribution in [0.4, 0.5) is 4.39 Å². The van der Waals surface area contributed by atoms with Crippen LogP contribution in [0.3, 0.4) is 0 Å². The molecule has 0 heterocycles. The number of benzene rings is 1. The molecule has 1 aromatic carbocycles. The summed E-state index contributed by atoms with van der Waals surface area (Å²) < 4.78 is 13.4. The molecule has 0 radical (unpaired) electrons. The van der Waals surface area contributed by atoms with Crippen molar-refractivity contribution in [2.75, 3.05) is 13.1 Å². The fourth-order valence-electron chi connectivity index (χ4n) is 1.27. The van der Waals surface area contributed by atoms with Crippen molar-refractivity contribution < 1.29 is 4.39 Å². The number of nitriles is 1. The Morgan fingerprint density at radius 2 is 2.27 bits per heavy atom. The highest BCUT2D eigenvalue weighted by Crippen LogP contribution is 2.16. The lowest BCUT2D eigenvalue weighted by Gasteiger charge is -2.16. The maximum Gasteiger partial charge on any atom is 0.129 e. The van der Waals surface area contributed by atoms with E-state index in [9.17, 15) is 4.39 Å². The van der Waals surface area contributed by atoms with Gasteiger partial charge in [0, 0.05) is 17.1 Å². The molecule has 1 rings (SSSR count). The smallest absolute Gasteiger partial charge is 0.129 e. The molecule has 0 amide bonds. The molecule has 0 spiro atoms. The molecule has 0 unspecified atom stereocenters. The maximum atomic E-state index is 13.4. The minimum absolute atomic E-state index is 0.304. The highest BCUT2D eigenvalue weighted by Gasteiger charge is 2.07. The molecule has 2 nitrogen and oxygen atoms in total. The molecular formula is C11H12ClFN2. The zero-order valence-corrected chi connectivity index (χ0v) is 9.26. The van der Waals surface area contributed by atoms with Crippen LogP contribution in [-0.2, 0) is 6.54 Å². The molecule has 0 saturated heterocycles. The highest BCUT2D eigenvalue weighted by atomic mass is 35.5. The predicted molar refractivity (Wildman–Crippen MR) is 58.0 cm³/mol. The van der Waals surface area contributed by atoms with Crippen molar-refractivity contribution in [2.24, 2.45) is 0 Å². The topological polar surface area (TPSA) is 27.0 Å². The molecule has 15 heavy (non-hydrogen) atoms. The lowest BCUT2D eigenvalue weighted by molar-refractivity contribution is 0.309. The van der Waals surface area contributed by atoms with E-state index in [1.54, 1.807) is 12.1 Å². The zero-order valence-electron chi connectivity index (χ0n) is 8.50. The third-order valence-electron chi connectivity index (χ3n) is 2.15. The summed E-state index contributed by atoms with van der Waals surface area (Å²) in [5.74, 6) is -0.320. The number of rotatable bonds is 4. The van der Waals surface area contributed by atoms with Crippen molar-refractivity contribution in [3.63, 3.8) is 0 Å². The van der Waals surface area contributed by atoms with Gasteiger partial charge in [-0.15, -0.1) is 0 Å². The van der Waals surface area contributed by atoms with Crippen molar-refractivity contribution in [2.45, 2.75) is 13.5 Å². The molecule has 1 aromatic rings. The molecule has 0 aliphatic carbocycles. The molecule has 0 N–H and O–H groups in total. The van der Waals surface area contributed by atoms with Crippen LogP contribution in [0.1, 0.15) is 12.5 Å². The van der Waals surface area contributed by atoms with Crippen molar-refractivity contribution in [1.29, 1.82) is 5.26 Å². The Morgan fingerprint density at radius 3 is 2.80 bits per heavy atom. The van der Waals surface area contributed by atoms with E-state index in [0.717, 1.165) is 6.54 Å². The van der Waals surface area contributed by atoms with E-state index in [1.165, 1.54) is 6.07 Å². The summed E-state index contributed by atoms with van der Waals surface area (Å²) in [5, 5.41) is 8.94. The second-order valence-electron chi connectivity index (χ2n) is 3.20. The summed E-state index contributed by atoms with van der Waals surface area (Å²) in [6, 6.07) is 6.64. The van der Waals surface area contributed by atoms with E-state index in [2.05, 4.69) is 0 Å². The lowest BCUT2D eigenvalue weighted by Crippen LogP contribution is -2.23. The SMILES string of the molecule is CCN(CC#N)Cc1ccc(Cl)cc1F. The van der Waals surface area contributed by atoms with Gasteiger partial charge in [0.15, 0.2) is 0 Å². The summed E-state index contributed by atoms with van der Waals surface area (Å²) in [6.07, 6.45) is 0. The Labute approximate surface area is 93.9 Å². The lowest BCUT2D eigenvalue weighted by atomic mass is 10.2. The standard InChI is InChI=1S/C11H12ClFN2/c1-2-15(6-5-14)8-9-3-4-10(12)7-11(9)13/h3-4,7H,2,6,8H2,1H3. The third-order valence-corrected chi connectivity index (χ3v) is 2.39. The largest absolute Gasteiger partial charge is 0.286 e. The average molecular weight is 227 g/mol. The summed E-state index contributed by atoms with van der Waals surface area (Å²) in [6.45, 7) is 3.40. The van der Waals surface area contributed by atoms with Crippen molar-refractivity contribution in [3.05, 3.63) is 34.6 Å². The summed E-state index contributed by atoms with van der Waals surface area (Å²) in [4.78, 5) is 1.85. The minimum atomic E-state index is -0.320. The summed E-state index contributed by atoms with van der Waals surface area (Å²) in [7, 11) is 0. The second-order valence-corrected chi connectivity index (χ2v) is 3.63. The quantitative estimate of drug-likeness (QED) is 0.739. The third kappa shape index (κ3) is 3.50. The van der Waals surface area contributed by atoms with E-state index in [1.807, 2.05) is 17.9 Å². The van der Waals surface area contributed by atoms with Crippen LogP contribution in [0.15, 0.2) is 18.2 Å². The minimum Gasteiger partial charge on any atom is -0.286 e. The highest BCUT2D eigenvalue weighted by molar-refractivity contribution is 6.30. The molecule has 0 aromatic heterocycles. The fourth-order valence-corrected chi connectivity index (χ4v) is 1.43. The Morgan fingerprint density at radius 1 is 1.53 bits per heavy atom. The van der Waals surface area contributed by atoms with E-state index in [4.69, 9.17) is 16.9 Å². The first-order valence-corrected chi connectivity index (χ1v) is 5.08. The van der Waals surface area contributed by atoms with E-state index < -0.39 is 0 Å². The number of hydrogen-bond donors (Lipinski definition) is 0. The van der Waals surface area contributed by atoms with Gasteiger partial charge in [-0.1, -0.05) is 24.6 Å². The fraction of sp³-hybridized carbons (Fsp3) is 0.364. The normalized spacial score (nSPS) is 10.3. The first kappa shape index (κ1) is 12.0. The van der Waals surface area contributed by atoms with Crippen LogP contribution >= 0.6 is 11.6 Å². The molecule has 0 atom stereocenters. The zero-order chi connectivity index (χ0) is 11.3. The molecule has 0 aliphatic rings. The van der Waals surface area contributed by atoms with Gasteiger partial charge in [-0.2, -0.15) is 5.26 Å². The van der Waals surface area contributed by atoms with Gasteiger partial charge in [-0.05, 0) is 18.7 Å². The van der Waals surface area contributed by atoms with Gasteiger partial charge in [0.25, 0.3) is 0 Å². The molecule has 0 aliphatic heterocycles. The average Bonchev–Trinajstić information content (AvgIpc) is 2.21. The van der Waals surface area contributed by atoms with Crippen LogP contribution in [0, 0.1) is 17.1 Å². The van der Waals surface area contributed by atoms with Crippen molar-refractivity contribution in [1.82, 2.24) is 4.90 Å². The predicted octanol–water partition coefficient (Wildman–Crippen LogP) is 2.82. The Kier molecular flexibility index (Phi) is 4.54. The number of halogens is 2. The molecule has 0 bridgehead atoms. The molecule has 4 heteroatoms. The molecule has 0 fully saturated rings. The van der Waals surface area contributed by atoms with Crippen LogP contribution in [0.25, 0.3) is 0 Å². The molecular weight excluding hydrogens is 215 g/mol. The number of nitrogens with zero attached hydrogens (tertiary/aromatic N) is 2. The van der Waals surface area contributed by atoms with Gasteiger partial charge in [-0.3, -0.25) is 4.90 Å². The molecule has 0 saturated carbocycles. The summed E-state index contributed by atoms with van der Waals surface area (Å²) >= 11 is 5.64. The van der Waals surface area contributed by atoms with Crippen LogP contribution < -0.4 is 0 Å². The first-order chi connectivity index (χ1) is 7.17. The maximum absolute atomic E-state index is 13.4. The summed E-state index contributed by atoms with van der Waals surface area (Å²) in [5.41, 5.74) is 0.566. The van der Waals surface area contributed by atoms with Gasteiger partial charge < -0.3 is 0 Å². The van der Waals surface area contributed by atoms with E-state index in [0.29, 0.717) is 23.7 Å². The Balaban J connectivity index is 2.75.